The van der Waals surface area contributed by atoms with Gasteiger partial charge in [0.05, 0.1) is 21.3 Å². The number of carbonyl (C=O) groups is 2. The number of unbranched alkanes of at least 4 members (excludes halogenated alkanes) is 2. The van der Waals surface area contributed by atoms with Crippen LogP contribution in [0.2, 0.25) is 0 Å². The number of benzene rings is 2. The van der Waals surface area contributed by atoms with Crippen LogP contribution in [0.5, 0.6) is 28.7 Å². The molecule has 0 radical (unpaired) electrons. The lowest BCUT2D eigenvalue weighted by Crippen LogP contribution is -2.15. The number of aromatic carboxylic acids is 1. The second-order valence-electron chi connectivity index (χ2n) is 7.56. The lowest BCUT2D eigenvalue weighted by Gasteiger charge is -2.18. The Morgan fingerprint density at radius 1 is 0.818 bits per heavy atom. The lowest BCUT2D eigenvalue weighted by atomic mass is 9.99. The molecule has 0 saturated carbocycles. The van der Waals surface area contributed by atoms with E-state index in [1.54, 1.807) is 12.1 Å². The Bertz CT molecular complexity index is 997. The van der Waals surface area contributed by atoms with Gasteiger partial charge in [0.2, 0.25) is 5.75 Å². The minimum absolute atomic E-state index is 0.0712. The number of aromatic hydroxyl groups is 1. The second-order valence-corrected chi connectivity index (χ2v) is 7.56. The zero-order valence-electron chi connectivity index (χ0n) is 19.8. The van der Waals surface area contributed by atoms with Gasteiger partial charge in [-0.25, -0.2) is 9.59 Å². The van der Waals surface area contributed by atoms with Crippen LogP contribution >= 0.6 is 0 Å². The van der Waals surface area contributed by atoms with Crippen LogP contribution in [0.25, 0.3) is 0 Å². The van der Waals surface area contributed by atoms with Crippen LogP contribution in [0.4, 0.5) is 0 Å². The summed E-state index contributed by atoms with van der Waals surface area (Å²) in [6.07, 6.45) is 4.38. The first-order valence-electron chi connectivity index (χ1n) is 11.0. The first-order chi connectivity index (χ1) is 15.8. The molecule has 0 aromatic heterocycles. The molecule has 0 amide bonds. The topological polar surface area (TPSA) is 112 Å². The molecule has 2 aromatic carbocycles. The summed E-state index contributed by atoms with van der Waals surface area (Å²) in [6, 6.07) is 4.78. The molecule has 0 aliphatic heterocycles. The van der Waals surface area contributed by atoms with Gasteiger partial charge in [-0.2, -0.15) is 0 Å². The van der Waals surface area contributed by atoms with Crippen LogP contribution in [0.15, 0.2) is 18.2 Å². The standard InChI is InChI=1S/C25H32O8/c1-6-8-9-11-16-13-19(32-5)23(22(26)21(16)24(27)28)33-25(29)20-15(10-7-2)12-17(30-3)14-18(20)31-4/h12-14,26H,6-11H2,1-5H3,(H,27,28). The van der Waals surface area contributed by atoms with E-state index in [0.29, 0.717) is 29.7 Å². The molecular formula is C25H32O8. The Labute approximate surface area is 194 Å². The van der Waals surface area contributed by atoms with Crippen LogP contribution in [-0.4, -0.2) is 43.5 Å². The summed E-state index contributed by atoms with van der Waals surface area (Å²) < 4.78 is 21.5. The van der Waals surface area contributed by atoms with Crippen molar-refractivity contribution in [1.29, 1.82) is 0 Å². The molecule has 180 valence electrons. The van der Waals surface area contributed by atoms with Gasteiger partial charge in [0.1, 0.15) is 22.6 Å². The van der Waals surface area contributed by atoms with E-state index in [9.17, 15) is 19.8 Å². The van der Waals surface area contributed by atoms with Gasteiger partial charge in [-0.05, 0) is 42.5 Å². The number of ether oxygens (including phenoxy) is 4. The predicted molar refractivity (Wildman–Crippen MR) is 123 cm³/mol. The van der Waals surface area contributed by atoms with E-state index < -0.39 is 17.7 Å². The van der Waals surface area contributed by atoms with Crippen molar-refractivity contribution in [2.45, 2.75) is 52.4 Å². The van der Waals surface area contributed by atoms with Gasteiger partial charge in [0.15, 0.2) is 11.5 Å². The highest BCUT2D eigenvalue weighted by molar-refractivity contribution is 5.98. The predicted octanol–water partition coefficient (Wildman–Crippen LogP) is 5.02. The third-order valence-electron chi connectivity index (χ3n) is 5.32. The fraction of sp³-hybridized carbons (Fsp3) is 0.440. The first kappa shape index (κ1) is 25.8. The number of esters is 1. The Kier molecular flexibility index (Phi) is 9.39. The third-order valence-corrected chi connectivity index (χ3v) is 5.32. The maximum Gasteiger partial charge on any atom is 0.347 e. The van der Waals surface area contributed by atoms with Gasteiger partial charge in [-0.3, -0.25) is 0 Å². The Balaban J connectivity index is 2.57. The van der Waals surface area contributed by atoms with Crippen LogP contribution in [0, 0.1) is 0 Å². The van der Waals surface area contributed by atoms with Crippen molar-refractivity contribution in [3.05, 3.63) is 40.5 Å². The van der Waals surface area contributed by atoms with Gasteiger partial charge < -0.3 is 29.2 Å². The van der Waals surface area contributed by atoms with Crippen LogP contribution in [0.3, 0.4) is 0 Å². The monoisotopic (exact) mass is 460 g/mol. The van der Waals surface area contributed by atoms with E-state index in [1.165, 1.54) is 27.4 Å². The highest BCUT2D eigenvalue weighted by atomic mass is 16.6. The number of methoxy groups -OCH3 is 3. The molecular weight excluding hydrogens is 428 g/mol. The van der Waals surface area contributed by atoms with E-state index in [4.69, 9.17) is 18.9 Å². The summed E-state index contributed by atoms with van der Waals surface area (Å²) in [7, 11) is 4.30. The van der Waals surface area contributed by atoms with Crippen molar-refractivity contribution >= 4 is 11.9 Å². The molecule has 8 heteroatoms. The maximum absolute atomic E-state index is 13.2. The number of carbonyl (C=O) groups excluding carboxylic acids is 1. The summed E-state index contributed by atoms with van der Waals surface area (Å²) in [5.74, 6) is -2.27. The fourth-order valence-corrected chi connectivity index (χ4v) is 3.70. The molecule has 33 heavy (non-hydrogen) atoms. The van der Waals surface area contributed by atoms with E-state index in [2.05, 4.69) is 0 Å². The molecule has 0 atom stereocenters. The number of carboxylic acids is 1. The summed E-state index contributed by atoms with van der Waals surface area (Å²) >= 11 is 0. The van der Waals surface area contributed by atoms with Gasteiger partial charge >= 0.3 is 11.9 Å². The summed E-state index contributed by atoms with van der Waals surface area (Å²) in [5.41, 5.74) is 0.932. The molecule has 0 fully saturated rings. The molecule has 0 unspecified atom stereocenters. The molecule has 0 saturated heterocycles. The van der Waals surface area contributed by atoms with Crippen LogP contribution in [-0.2, 0) is 12.8 Å². The first-order valence-corrected chi connectivity index (χ1v) is 11.0. The van der Waals surface area contributed by atoms with E-state index in [1.807, 2.05) is 13.8 Å². The lowest BCUT2D eigenvalue weighted by molar-refractivity contribution is 0.0676. The van der Waals surface area contributed by atoms with Gasteiger partial charge in [-0.1, -0.05) is 33.1 Å². The summed E-state index contributed by atoms with van der Waals surface area (Å²) in [4.78, 5) is 25.1. The van der Waals surface area contributed by atoms with E-state index in [0.717, 1.165) is 25.7 Å². The van der Waals surface area contributed by atoms with Crippen molar-refractivity contribution in [3.8, 4) is 28.7 Å². The molecule has 2 rings (SSSR count). The molecule has 0 aliphatic rings. The molecule has 0 spiro atoms. The van der Waals surface area contributed by atoms with Crippen molar-refractivity contribution in [2.24, 2.45) is 0 Å². The van der Waals surface area contributed by atoms with Crippen LogP contribution < -0.4 is 18.9 Å². The zero-order chi connectivity index (χ0) is 24.5. The average molecular weight is 461 g/mol. The second kappa shape index (κ2) is 12.0. The number of phenols is 1. The van der Waals surface area contributed by atoms with E-state index in [-0.39, 0.29) is 28.4 Å². The van der Waals surface area contributed by atoms with Crippen LogP contribution in [0.1, 0.15) is 71.4 Å². The molecule has 2 N–H and O–H groups in total. The normalized spacial score (nSPS) is 10.6. The molecule has 0 heterocycles. The molecule has 0 bridgehead atoms. The third kappa shape index (κ3) is 5.88. The molecule has 0 aliphatic carbocycles. The zero-order valence-corrected chi connectivity index (χ0v) is 19.8. The molecule has 8 nitrogen and oxygen atoms in total. The Hall–Kier alpha value is -3.42. The van der Waals surface area contributed by atoms with Gasteiger partial charge in [0, 0.05) is 6.07 Å². The fourth-order valence-electron chi connectivity index (χ4n) is 3.70. The van der Waals surface area contributed by atoms with E-state index >= 15 is 0 Å². The largest absolute Gasteiger partial charge is 0.504 e. The highest BCUT2D eigenvalue weighted by Gasteiger charge is 2.28. The summed E-state index contributed by atoms with van der Waals surface area (Å²) in [6.45, 7) is 4.01. The summed E-state index contributed by atoms with van der Waals surface area (Å²) in [5, 5.41) is 20.5. The van der Waals surface area contributed by atoms with Crippen molar-refractivity contribution < 1.29 is 38.7 Å². The Morgan fingerprint density at radius 2 is 1.48 bits per heavy atom. The molecule has 2 aromatic rings. The maximum atomic E-state index is 13.2. The van der Waals surface area contributed by atoms with Crippen molar-refractivity contribution in [1.82, 2.24) is 0 Å². The quantitative estimate of drug-likeness (QED) is 0.258. The number of hydrogen-bond acceptors (Lipinski definition) is 7. The SMILES string of the molecule is CCCCCc1cc(OC)c(OC(=O)c2c(CCC)cc(OC)cc2OC)c(O)c1C(=O)O. The highest BCUT2D eigenvalue weighted by Crippen LogP contribution is 2.43. The minimum atomic E-state index is -1.31. The minimum Gasteiger partial charge on any atom is -0.504 e. The van der Waals surface area contributed by atoms with Gasteiger partial charge in [0.25, 0.3) is 0 Å². The Morgan fingerprint density at radius 3 is 2.03 bits per heavy atom. The van der Waals surface area contributed by atoms with Crippen molar-refractivity contribution in [3.63, 3.8) is 0 Å². The van der Waals surface area contributed by atoms with Gasteiger partial charge in [-0.15, -0.1) is 0 Å². The number of aryl methyl sites for hydroxylation is 2. The average Bonchev–Trinajstić information content (AvgIpc) is 2.79. The van der Waals surface area contributed by atoms with Crippen molar-refractivity contribution in [2.75, 3.05) is 21.3 Å². The number of hydrogen-bond donors (Lipinski definition) is 2. The smallest absolute Gasteiger partial charge is 0.347 e. The number of rotatable bonds is 12. The number of carboxylic acid groups (broad SMARTS) is 1.